The van der Waals surface area contributed by atoms with Crippen molar-refractivity contribution >= 4 is 40.0 Å². The molecule has 10 nitrogen and oxygen atoms in total. The number of aryl methyl sites for hydroxylation is 1. The first-order valence-corrected chi connectivity index (χ1v) is 10.3. The summed E-state index contributed by atoms with van der Waals surface area (Å²) in [5.74, 6) is -1.41. The van der Waals surface area contributed by atoms with Crippen LogP contribution in [0.5, 0.6) is 0 Å². The summed E-state index contributed by atoms with van der Waals surface area (Å²) in [6, 6.07) is 1.27. The van der Waals surface area contributed by atoms with Gasteiger partial charge < -0.3 is 20.5 Å². The molecule has 0 aliphatic heterocycles. The molecule has 4 rings (SSSR count). The van der Waals surface area contributed by atoms with Gasteiger partial charge >= 0.3 is 6.18 Å². The molecule has 13 heteroatoms. The van der Waals surface area contributed by atoms with Crippen molar-refractivity contribution in [3.05, 3.63) is 40.7 Å². The van der Waals surface area contributed by atoms with Gasteiger partial charge in [-0.15, -0.1) is 0 Å². The molecule has 0 radical (unpaired) electrons. The van der Waals surface area contributed by atoms with Gasteiger partial charge in [0.1, 0.15) is 29.7 Å². The van der Waals surface area contributed by atoms with E-state index in [9.17, 15) is 27.6 Å². The molecule has 0 atom stereocenters. The normalized spacial score (nSPS) is 15.4. The fraction of sp³-hybridized carbons (Fsp3) is 0.381. The van der Waals surface area contributed by atoms with E-state index < -0.39 is 31.2 Å². The van der Waals surface area contributed by atoms with Crippen LogP contribution in [0.1, 0.15) is 34.2 Å². The van der Waals surface area contributed by atoms with E-state index >= 15 is 0 Å². The molecular weight excluding hydrogens is 455 g/mol. The minimum absolute atomic E-state index is 0.0273. The van der Waals surface area contributed by atoms with Crippen LogP contribution in [0.4, 0.5) is 30.4 Å². The summed E-state index contributed by atoms with van der Waals surface area (Å²) in [6.07, 6.45) is 0.0750. The zero-order chi connectivity index (χ0) is 27.1. The van der Waals surface area contributed by atoms with E-state index in [1.807, 2.05) is 5.32 Å². The number of rotatable bonds is 7. The first kappa shape index (κ1) is 19.6. The monoisotopic (exact) mass is 480 g/mol. The molecule has 3 heterocycles. The summed E-state index contributed by atoms with van der Waals surface area (Å²) >= 11 is 0. The molecule has 2 amide bonds. The van der Waals surface area contributed by atoms with Gasteiger partial charge in [0.2, 0.25) is 5.91 Å². The van der Waals surface area contributed by atoms with Crippen LogP contribution < -0.4 is 21.5 Å². The largest absolute Gasteiger partial charge is 0.406 e. The zero-order valence-electron chi connectivity index (χ0n) is 20.9. The van der Waals surface area contributed by atoms with Gasteiger partial charge in [0.25, 0.3) is 11.5 Å². The maximum atomic E-state index is 13.0. The molecule has 1 saturated carbocycles. The number of nitrogens with one attached hydrogen (secondary N) is 3. The van der Waals surface area contributed by atoms with E-state index in [0.717, 1.165) is 25.4 Å². The van der Waals surface area contributed by atoms with E-state index in [2.05, 4.69) is 20.6 Å². The Morgan fingerprint density at radius 1 is 1.24 bits per heavy atom. The molecule has 1 fully saturated rings. The number of nitrogens with zero attached hydrogens (tertiary/aromatic N) is 4. The lowest BCUT2D eigenvalue weighted by atomic mass is 10.2. The molecule has 1 aliphatic carbocycles. The number of fused-ring (bicyclic) bond motifs is 1. The molecule has 3 aromatic heterocycles. The van der Waals surface area contributed by atoms with Crippen LogP contribution in [-0.4, -0.2) is 44.1 Å². The van der Waals surface area contributed by atoms with Gasteiger partial charge in [0.05, 0.1) is 16.9 Å². The average molecular weight is 480 g/mol. The molecule has 34 heavy (non-hydrogen) atoms. The number of alkyl halides is 3. The molecule has 0 saturated heterocycles. The fourth-order valence-corrected chi connectivity index (χ4v) is 3.45. The van der Waals surface area contributed by atoms with Gasteiger partial charge in [0.15, 0.2) is 0 Å². The molecule has 0 unspecified atom stereocenters. The Hall–Kier alpha value is -3.90. The molecular formula is C21H22F3N7O3. The van der Waals surface area contributed by atoms with E-state index in [0.29, 0.717) is 11.1 Å². The third kappa shape index (κ3) is 4.72. The highest BCUT2D eigenvalue weighted by atomic mass is 19.4. The van der Waals surface area contributed by atoms with Gasteiger partial charge in [-0.1, -0.05) is 0 Å². The average Bonchev–Trinajstić information content (AvgIpc) is 3.56. The molecule has 1 aliphatic rings. The van der Waals surface area contributed by atoms with Crippen molar-refractivity contribution < 1.29 is 26.9 Å². The third-order valence-corrected chi connectivity index (χ3v) is 5.27. The van der Waals surface area contributed by atoms with Gasteiger partial charge in [-0.05, 0) is 19.8 Å². The number of carbonyl (C=O) groups excluding carboxylic acids is 2. The highest BCUT2D eigenvalue weighted by Crippen LogP contribution is 2.32. The Morgan fingerprint density at radius 3 is 2.65 bits per heavy atom. The lowest BCUT2D eigenvalue weighted by Crippen LogP contribution is -2.28. The summed E-state index contributed by atoms with van der Waals surface area (Å²) in [5, 5.41) is 7.10. The number of hydrogen-bond acceptors (Lipinski definition) is 6. The molecule has 0 aromatic carbocycles. The van der Waals surface area contributed by atoms with Gasteiger partial charge in [-0.25, -0.2) is 9.97 Å². The van der Waals surface area contributed by atoms with Crippen LogP contribution in [0, 0.1) is 5.92 Å². The number of aromatic nitrogens is 4. The van der Waals surface area contributed by atoms with Crippen LogP contribution in [0.3, 0.4) is 0 Å². The molecule has 3 N–H and O–H groups in total. The molecule has 0 spiro atoms. The zero-order valence-corrected chi connectivity index (χ0v) is 17.9. The van der Waals surface area contributed by atoms with E-state index in [1.54, 1.807) is 6.92 Å². The van der Waals surface area contributed by atoms with Gasteiger partial charge in [-0.3, -0.25) is 19.0 Å². The van der Waals surface area contributed by atoms with Crippen LogP contribution in [0.15, 0.2) is 29.6 Å². The Labute approximate surface area is 195 Å². The molecule has 180 valence electrons. The maximum absolute atomic E-state index is 13.0. The topological polar surface area (TPSA) is 123 Å². The van der Waals surface area contributed by atoms with Crippen LogP contribution >= 0.6 is 0 Å². The second-order valence-electron chi connectivity index (χ2n) is 7.78. The standard InChI is InChI=1S/C21H22F3N7O3/c1-3-30-8-14(16-17(30)27-10-31(20(16)34)9-21(22,23)24)28-13-6-15(29-18(32)11-4-5-11)26-7-12(13)19(33)25-2/h6-8,10-11H,3-5,9H2,1-2H3,(H,25,33)(H2,26,28,29,32)/i2D3. The SMILES string of the molecule is [2H]C([2H])([2H])NC(=O)c1cnc(NC(=O)C2CC2)cc1Nc1cn(CC)c2ncn(CC(F)(F)F)c(=O)c12. The van der Waals surface area contributed by atoms with Gasteiger partial charge in [0, 0.05) is 42.0 Å². The van der Waals surface area contributed by atoms with Crippen LogP contribution in [-0.2, 0) is 17.9 Å². The van der Waals surface area contributed by atoms with Crippen molar-refractivity contribution in [1.82, 2.24) is 24.4 Å². The smallest absolute Gasteiger partial charge is 0.355 e. The number of hydrogen-bond donors (Lipinski definition) is 3. The van der Waals surface area contributed by atoms with Crippen molar-refractivity contribution in [2.45, 2.75) is 39.0 Å². The Kier molecular flexibility index (Phi) is 5.06. The lowest BCUT2D eigenvalue weighted by Gasteiger charge is -2.13. The third-order valence-electron chi connectivity index (χ3n) is 5.27. The summed E-state index contributed by atoms with van der Waals surface area (Å²) < 4.78 is 62.8. The highest BCUT2D eigenvalue weighted by molar-refractivity contribution is 6.03. The summed E-state index contributed by atoms with van der Waals surface area (Å²) in [6.45, 7) is -2.32. The maximum Gasteiger partial charge on any atom is 0.406 e. The quantitative estimate of drug-likeness (QED) is 0.478. The summed E-state index contributed by atoms with van der Waals surface area (Å²) in [7, 11) is 0. The van der Waals surface area contributed by atoms with E-state index in [1.165, 1.54) is 16.8 Å². The Morgan fingerprint density at radius 2 is 2.00 bits per heavy atom. The lowest BCUT2D eigenvalue weighted by molar-refractivity contribution is -0.141. The number of carbonyl (C=O) groups is 2. The molecule has 3 aromatic rings. The number of pyridine rings is 1. The number of anilines is 3. The predicted molar refractivity (Wildman–Crippen MR) is 118 cm³/mol. The predicted octanol–water partition coefficient (Wildman–Crippen LogP) is 2.63. The van der Waals surface area contributed by atoms with Crippen molar-refractivity contribution in [3.8, 4) is 0 Å². The van der Waals surface area contributed by atoms with Crippen LogP contribution in [0.2, 0.25) is 0 Å². The fourth-order valence-electron chi connectivity index (χ4n) is 3.45. The minimum Gasteiger partial charge on any atom is -0.355 e. The number of amides is 2. The second kappa shape index (κ2) is 8.80. The first-order valence-electron chi connectivity index (χ1n) is 11.8. The summed E-state index contributed by atoms with van der Waals surface area (Å²) in [5.41, 5.74) is -1.11. The van der Waals surface area contributed by atoms with Crippen molar-refractivity contribution in [1.29, 1.82) is 0 Å². The van der Waals surface area contributed by atoms with Crippen molar-refractivity contribution in [2.75, 3.05) is 17.6 Å². The Bertz CT molecular complexity index is 1430. The van der Waals surface area contributed by atoms with Crippen LogP contribution in [0.25, 0.3) is 11.0 Å². The van der Waals surface area contributed by atoms with Crippen molar-refractivity contribution in [3.63, 3.8) is 0 Å². The Balaban J connectivity index is 1.80. The van der Waals surface area contributed by atoms with E-state index in [4.69, 9.17) is 4.11 Å². The summed E-state index contributed by atoms with van der Waals surface area (Å²) in [4.78, 5) is 45.9. The van der Waals surface area contributed by atoms with Gasteiger partial charge in [-0.2, -0.15) is 13.2 Å². The molecule has 0 bridgehead atoms. The number of halogens is 3. The second-order valence-corrected chi connectivity index (χ2v) is 7.78. The van der Waals surface area contributed by atoms with Crippen molar-refractivity contribution in [2.24, 2.45) is 5.92 Å². The minimum atomic E-state index is -4.67. The first-order chi connectivity index (χ1) is 17.3. The van der Waals surface area contributed by atoms with E-state index in [-0.39, 0.29) is 45.6 Å². The highest BCUT2D eigenvalue weighted by Gasteiger charge is 2.31.